The van der Waals surface area contributed by atoms with Crippen molar-refractivity contribution < 1.29 is 9.13 Å². The van der Waals surface area contributed by atoms with E-state index in [0.717, 1.165) is 11.1 Å². The molecule has 0 radical (unpaired) electrons. The van der Waals surface area contributed by atoms with Crippen LogP contribution in [0.4, 0.5) is 4.39 Å². The van der Waals surface area contributed by atoms with Crippen LogP contribution in [0.15, 0.2) is 58.7 Å². The minimum absolute atomic E-state index is 0.0275. The molecule has 2 heterocycles. The number of aromatic amines is 1. The minimum Gasteiger partial charge on any atom is -0.483 e. The fraction of sp³-hybridized carbons (Fsp3) is 0.0526. The third-order valence-corrected chi connectivity index (χ3v) is 4.97. The highest BCUT2D eigenvalue weighted by molar-refractivity contribution is 7.17. The lowest BCUT2D eigenvalue weighted by Gasteiger charge is -2.06. The second-order valence-electron chi connectivity index (χ2n) is 5.57. The van der Waals surface area contributed by atoms with E-state index in [1.54, 1.807) is 24.3 Å². The number of aromatic nitrogens is 2. The third-order valence-electron chi connectivity index (χ3n) is 3.85. The molecular weight excluding hydrogens is 375 g/mol. The van der Waals surface area contributed by atoms with E-state index >= 15 is 0 Å². The molecule has 0 atom stereocenters. The Morgan fingerprint density at radius 2 is 1.92 bits per heavy atom. The molecule has 4 aromatic rings. The van der Waals surface area contributed by atoms with Crippen LogP contribution in [0.2, 0.25) is 5.02 Å². The Labute approximate surface area is 156 Å². The fourth-order valence-electron chi connectivity index (χ4n) is 2.61. The quantitative estimate of drug-likeness (QED) is 0.535. The highest BCUT2D eigenvalue weighted by Crippen LogP contribution is 2.31. The number of H-pyrrole nitrogens is 1. The first-order chi connectivity index (χ1) is 12.6. The maximum absolute atomic E-state index is 13.6. The van der Waals surface area contributed by atoms with Gasteiger partial charge in [-0.25, -0.2) is 9.37 Å². The fourth-order valence-corrected chi connectivity index (χ4v) is 3.70. The van der Waals surface area contributed by atoms with Gasteiger partial charge in [0.15, 0.2) is 11.6 Å². The maximum Gasteiger partial charge on any atom is 0.260 e. The first kappa shape index (κ1) is 16.8. The number of para-hydroxylation sites is 1. The molecule has 0 aliphatic heterocycles. The summed E-state index contributed by atoms with van der Waals surface area (Å²) in [4.78, 5) is 20.3. The Balaban J connectivity index is 1.67. The van der Waals surface area contributed by atoms with Gasteiger partial charge in [-0.1, -0.05) is 35.9 Å². The third kappa shape index (κ3) is 3.21. The summed E-state index contributed by atoms with van der Waals surface area (Å²) in [5.74, 6) is -0.00406. The number of nitrogens with zero attached hydrogens (tertiary/aromatic N) is 1. The Kier molecular flexibility index (Phi) is 4.44. The number of hydrogen-bond donors (Lipinski definition) is 1. The van der Waals surface area contributed by atoms with Gasteiger partial charge in [-0.05, 0) is 29.8 Å². The van der Waals surface area contributed by atoms with E-state index in [2.05, 4.69) is 9.97 Å². The van der Waals surface area contributed by atoms with Crippen LogP contribution in [0.1, 0.15) is 5.82 Å². The van der Waals surface area contributed by atoms with E-state index in [1.807, 2.05) is 17.5 Å². The molecule has 0 amide bonds. The number of rotatable bonds is 4. The summed E-state index contributed by atoms with van der Waals surface area (Å²) in [6, 6.07) is 13.4. The van der Waals surface area contributed by atoms with Crippen LogP contribution in [0.3, 0.4) is 0 Å². The number of thiophene rings is 1. The first-order valence-corrected chi connectivity index (χ1v) is 9.01. The number of benzene rings is 2. The molecule has 1 N–H and O–H groups in total. The molecule has 0 saturated heterocycles. The van der Waals surface area contributed by atoms with Crippen molar-refractivity contribution in [2.24, 2.45) is 0 Å². The summed E-state index contributed by atoms with van der Waals surface area (Å²) in [5, 5.41) is 3.04. The second kappa shape index (κ2) is 6.90. The maximum atomic E-state index is 13.6. The van der Waals surface area contributed by atoms with Gasteiger partial charge in [0.25, 0.3) is 5.56 Å². The van der Waals surface area contributed by atoms with Crippen LogP contribution in [-0.4, -0.2) is 9.97 Å². The lowest BCUT2D eigenvalue weighted by molar-refractivity contribution is 0.281. The molecule has 0 saturated carbocycles. The molecule has 0 aliphatic carbocycles. The summed E-state index contributed by atoms with van der Waals surface area (Å²) >= 11 is 7.29. The monoisotopic (exact) mass is 386 g/mol. The van der Waals surface area contributed by atoms with Gasteiger partial charge in [-0.3, -0.25) is 4.79 Å². The van der Waals surface area contributed by atoms with Crippen LogP contribution in [-0.2, 0) is 6.61 Å². The van der Waals surface area contributed by atoms with Gasteiger partial charge in [0.1, 0.15) is 17.3 Å². The molecule has 26 heavy (non-hydrogen) atoms. The molecule has 0 fully saturated rings. The van der Waals surface area contributed by atoms with Gasteiger partial charge < -0.3 is 9.72 Å². The van der Waals surface area contributed by atoms with Crippen LogP contribution in [0, 0.1) is 5.82 Å². The molecular formula is C19H12ClFN2O2S. The molecule has 0 unspecified atom stereocenters. The number of halogens is 2. The topological polar surface area (TPSA) is 55.0 Å². The van der Waals surface area contributed by atoms with Gasteiger partial charge in [0.05, 0.1) is 5.39 Å². The van der Waals surface area contributed by atoms with E-state index in [9.17, 15) is 9.18 Å². The van der Waals surface area contributed by atoms with Gasteiger partial charge >= 0.3 is 0 Å². The van der Waals surface area contributed by atoms with Gasteiger partial charge in [-0.2, -0.15) is 0 Å². The molecule has 0 aliphatic rings. The zero-order valence-electron chi connectivity index (χ0n) is 13.3. The van der Waals surface area contributed by atoms with Crippen molar-refractivity contribution in [3.63, 3.8) is 0 Å². The highest BCUT2D eigenvalue weighted by Gasteiger charge is 2.13. The Morgan fingerprint density at radius 1 is 1.15 bits per heavy atom. The van der Waals surface area contributed by atoms with Gasteiger partial charge in [0.2, 0.25) is 0 Å². The average Bonchev–Trinajstić information content (AvgIpc) is 3.06. The first-order valence-electron chi connectivity index (χ1n) is 7.75. The normalized spacial score (nSPS) is 11.0. The van der Waals surface area contributed by atoms with Gasteiger partial charge in [-0.15, -0.1) is 11.3 Å². The lowest BCUT2D eigenvalue weighted by atomic mass is 10.1. The van der Waals surface area contributed by atoms with Crippen molar-refractivity contribution in [1.82, 2.24) is 9.97 Å². The summed E-state index contributed by atoms with van der Waals surface area (Å²) < 4.78 is 19.0. The van der Waals surface area contributed by atoms with Crippen molar-refractivity contribution in [2.75, 3.05) is 0 Å². The minimum atomic E-state index is -0.461. The predicted octanol–water partition coefficient (Wildman–Crippen LogP) is 5.02. The Hall–Kier alpha value is -2.70. The molecule has 0 spiro atoms. The van der Waals surface area contributed by atoms with E-state index in [4.69, 9.17) is 16.3 Å². The molecule has 2 aromatic heterocycles. The van der Waals surface area contributed by atoms with Crippen molar-refractivity contribution in [3.05, 3.63) is 80.9 Å². The molecule has 4 nitrogen and oxygen atoms in total. The predicted molar refractivity (Wildman–Crippen MR) is 101 cm³/mol. The zero-order chi connectivity index (χ0) is 18.1. The number of fused-ring (bicyclic) bond motifs is 1. The summed E-state index contributed by atoms with van der Waals surface area (Å²) in [5.41, 5.74) is 1.44. The lowest BCUT2D eigenvalue weighted by Crippen LogP contribution is -2.13. The summed E-state index contributed by atoms with van der Waals surface area (Å²) in [6.45, 7) is -0.0275. The van der Waals surface area contributed by atoms with E-state index in [-0.39, 0.29) is 17.9 Å². The molecule has 2 aromatic carbocycles. The highest BCUT2D eigenvalue weighted by atomic mass is 35.5. The molecule has 7 heteroatoms. The van der Waals surface area contributed by atoms with Crippen LogP contribution in [0.25, 0.3) is 21.3 Å². The average molecular weight is 387 g/mol. The summed E-state index contributed by atoms with van der Waals surface area (Å²) in [6.07, 6.45) is 0. The second-order valence-corrected chi connectivity index (χ2v) is 6.86. The van der Waals surface area contributed by atoms with Crippen molar-refractivity contribution >= 4 is 33.2 Å². The van der Waals surface area contributed by atoms with Crippen LogP contribution in [0.5, 0.6) is 5.75 Å². The smallest absolute Gasteiger partial charge is 0.260 e. The standard InChI is InChI=1S/C19H12ClFN2O2S/c20-12-7-5-11(6-8-12)13-10-26-19-17(13)18(24)22-16(23-19)9-25-15-4-2-1-3-14(15)21/h1-8,10H,9H2,(H,22,23,24). The Morgan fingerprint density at radius 3 is 2.69 bits per heavy atom. The van der Waals surface area contributed by atoms with Crippen molar-refractivity contribution in [3.8, 4) is 16.9 Å². The number of hydrogen-bond acceptors (Lipinski definition) is 4. The largest absolute Gasteiger partial charge is 0.483 e. The Bertz CT molecular complexity index is 1140. The van der Waals surface area contributed by atoms with Crippen molar-refractivity contribution in [2.45, 2.75) is 6.61 Å². The van der Waals surface area contributed by atoms with E-state index < -0.39 is 5.82 Å². The van der Waals surface area contributed by atoms with E-state index in [1.165, 1.54) is 23.5 Å². The number of nitrogens with one attached hydrogen (secondary N) is 1. The SMILES string of the molecule is O=c1[nH]c(COc2ccccc2F)nc2scc(-c3ccc(Cl)cc3)c12. The zero-order valence-corrected chi connectivity index (χ0v) is 14.9. The van der Waals surface area contributed by atoms with E-state index in [0.29, 0.717) is 21.1 Å². The van der Waals surface area contributed by atoms with Gasteiger partial charge in [0, 0.05) is 16.0 Å². The number of ether oxygens (including phenoxy) is 1. The summed E-state index contributed by atoms with van der Waals surface area (Å²) in [7, 11) is 0. The molecule has 0 bridgehead atoms. The van der Waals surface area contributed by atoms with Crippen LogP contribution >= 0.6 is 22.9 Å². The van der Waals surface area contributed by atoms with Crippen molar-refractivity contribution in [1.29, 1.82) is 0 Å². The molecule has 4 rings (SSSR count). The van der Waals surface area contributed by atoms with Crippen LogP contribution < -0.4 is 10.3 Å². The molecule has 130 valence electrons.